The lowest BCUT2D eigenvalue weighted by Gasteiger charge is -1.84. The summed E-state index contributed by atoms with van der Waals surface area (Å²) in [7, 11) is 0. The minimum atomic E-state index is 0.577. The van der Waals surface area contributed by atoms with Crippen LogP contribution < -0.4 is 5.73 Å². The predicted molar refractivity (Wildman–Crippen MR) is 41.8 cm³/mol. The average Bonchev–Trinajstić information content (AvgIpc) is 2.34. The molecule has 0 bridgehead atoms. The first kappa shape index (κ1) is 5.61. The highest BCUT2D eigenvalue weighted by Gasteiger charge is 1.99. The zero-order valence-electron chi connectivity index (χ0n) is 5.11. The lowest BCUT2D eigenvalue weighted by atomic mass is 10.3. The zero-order valence-corrected chi connectivity index (χ0v) is 5.93. The summed E-state index contributed by atoms with van der Waals surface area (Å²) in [6.45, 7) is 0. The number of anilines is 1. The van der Waals surface area contributed by atoms with E-state index in [9.17, 15) is 0 Å². The van der Waals surface area contributed by atoms with Gasteiger partial charge in [0.15, 0.2) is 0 Å². The number of nitrogen functional groups attached to an aromatic ring is 1. The van der Waals surface area contributed by atoms with Crippen molar-refractivity contribution in [2.75, 3.05) is 5.73 Å². The van der Waals surface area contributed by atoms with Crippen LogP contribution in [-0.2, 0) is 0 Å². The molecular formula is C6H5N3S. The Hall–Kier alpha value is -1.16. The van der Waals surface area contributed by atoms with Gasteiger partial charge in [0.1, 0.15) is 10.6 Å². The summed E-state index contributed by atoms with van der Waals surface area (Å²) < 4.78 is 3.95. The second kappa shape index (κ2) is 1.91. The summed E-state index contributed by atoms with van der Waals surface area (Å²) in [5.74, 6) is 0.577. The Kier molecular flexibility index (Phi) is 1.07. The maximum absolute atomic E-state index is 5.54. The van der Waals surface area contributed by atoms with Crippen molar-refractivity contribution in [3.8, 4) is 0 Å². The largest absolute Gasteiger partial charge is 0.382 e. The molecule has 2 N–H and O–H groups in total. The predicted octanol–water partition coefficient (Wildman–Crippen LogP) is 1.27. The van der Waals surface area contributed by atoms with Gasteiger partial charge in [-0.2, -0.15) is 4.37 Å². The molecule has 10 heavy (non-hydrogen) atoms. The van der Waals surface area contributed by atoms with Gasteiger partial charge in [0.25, 0.3) is 0 Å². The van der Waals surface area contributed by atoms with E-state index in [0.717, 1.165) is 10.2 Å². The van der Waals surface area contributed by atoms with E-state index >= 15 is 0 Å². The third kappa shape index (κ3) is 0.657. The Morgan fingerprint density at radius 3 is 3.20 bits per heavy atom. The Balaban J connectivity index is 2.93. The topological polar surface area (TPSA) is 51.8 Å². The molecule has 2 aromatic rings. The minimum Gasteiger partial charge on any atom is -0.382 e. The number of pyridine rings is 1. The van der Waals surface area contributed by atoms with Crippen LogP contribution in [0.2, 0.25) is 0 Å². The molecule has 0 saturated carbocycles. The summed E-state index contributed by atoms with van der Waals surface area (Å²) in [4.78, 5) is 4.98. The molecule has 0 radical (unpaired) electrons. The van der Waals surface area contributed by atoms with Crippen LogP contribution in [0.3, 0.4) is 0 Å². The van der Waals surface area contributed by atoms with Gasteiger partial charge in [-0.05, 0) is 23.7 Å². The SMILES string of the molecule is Nc1nsc2ncccc12. The quantitative estimate of drug-likeness (QED) is 0.617. The van der Waals surface area contributed by atoms with E-state index < -0.39 is 0 Å². The third-order valence-electron chi connectivity index (χ3n) is 1.28. The van der Waals surface area contributed by atoms with Crippen molar-refractivity contribution in [2.24, 2.45) is 0 Å². The molecule has 0 aromatic carbocycles. The molecule has 3 nitrogen and oxygen atoms in total. The van der Waals surface area contributed by atoms with E-state index in [1.807, 2.05) is 12.1 Å². The standard InChI is InChI=1S/C6H5N3S/c7-5-4-2-1-3-8-6(4)10-9-5/h1-3H,(H2,7,9). The summed E-state index contributed by atoms with van der Waals surface area (Å²) in [5, 5.41) is 0.951. The fourth-order valence-corrected chi connectivity index (χ4v) is 1.46. The molecule has 0 atom stereocenters. The molecule has 2 rings (SSSR count). The van der Waals surface area contributed by atoms with Crippen LogP contribution >= 0.6 is 11.5 Å². The highest BCUT2D eigenvalue weighted by molar-refractivity contribution is 7.13. The van der Waals surface area contributed by atoms with Crippen LogP contribution in [-0.4, -0.2) is 9.36 Å². The Bertz CT molecular complexity index is 355. The average molecular weight is 151 g/mol. The van der Waals surface area contributed by atoms with Crippen LogP contribution in [0, 0.1) is 0 Å². The molecule has 0 unspecified atom stereocenters. The fraction of sp³-hybridized carbons (Fsp3) is 0. The van der Waals surface area contributed by atoms with Gasteiger partial charge >= 0.3 is 0 Å². The number of hydrogen-bond donors (Lipinski definition) is 1. The number of aromatic nitrogens is 2. The van der Waals surface area contributed by atoms with E-state index in [0.29, 0.717) is 5.82 Å². The van der Waals surface area contributed by atoms with Crippen molar-refractivity contribution in [1.29, 1.82) is 0 Å². The monoisotopic (exact) mass is 151 g/mol. The third-order valence-corrected chi connectivity index (χ3v) is 2.06. The number of fused-ring (bicyclic) bond motifs is 1. The maximum atomic E-state index is 5.54. The maximum Gasteiger partial charge on any atom is 0.146 e. The van der Waals surface area contributed by atoms with Crippen molar-refractivity contribution in [2.45, 2.75) is 0 Å². The highest BCUT2D eigenvalue weighted by Crippen LogP contribution is 2.20. The van der Waals surface area contributed by atoms with Crippen LogP contribution in [0.1, 0.15) is 0 Å². The van der Waals surface area contributed by atoms with Gasteiger partial charge in [-0.1, -0.05) is 0 Å². The van der Waals surface area contributed by atoms with E-state index in [1.54, 1.807) is 6.20 Å². The van der Waals surface area contributed by atoms with Gasteiger partial charge in [-0.3, -0.25) is 0 Å². The second-order valence-electron chi connectivity index (χ2n) is 1.92. The molecule has 0 aliphatic rings. The molecule has 0 saturated heterocycles. The Morgan fingerprint density at radius 1 is 1.50 bits per heavy atom. The fourth-order valence-electron chi connectivity index (χ4n) is 0.800. The smallest absolute Gasteiger partial charge is 0.146 e. The van der Waals surface area contributed by atoms with Gasteiger partial charge in [-0.15, -0.1) is 0 Å². The van der Waals surface area contributed by atoms with E-state index in [4.69, 9.17) is 5.73 Å². The molecule has 0 aliphatic carbocycles. The van der Waals surface area contributed by atoms with Gasteiger partial charge in [-0.25, -0.2) is 4.98 Å². The summed E-state index contributed by atoms with van der Waals surface area (Å²) in [5.41, 5.74) is 5.54. The Morgan fingerprint density at radius 2 is 2.40 bits per heavy atom. The van der Waals surface area contributed by atoms with Gasteiger partial charge in [0, 0.05) is 6.20 Å². The summed E-state index contributed by atoms with van der Waals surface area (Å²) in [6.07, 6.45) is 1.74. The van der Waals surface area contributed by atoms with Crippen LogP contribution in [0.5, 0.6) is 0 Å². The molecule has 2 heterocycles. The first-order valence-corrected chi connectivity index (χ1v) is 3.61. The van der Waals surface area contributed by atoms with Crippen molar-refractivity contribution in [3.63, 3.8) is 0 Å². The van der Waals surface area contributed by atoms with E-state index in [2.05, 4.69) is 9.36 Å². The first-order valence-electron chi connectivity index (χ1n) is 2.84. The normalized spacial score (nSPS) is 10.4. The number of rotatable bonds is 0. The van der Waals surface area contributed by atoms with Crippen molar-refractivity contribution < 1.29 is 0 Å². The van der Waals surface area contributed by atoms with E-state index in [-0.39, 0.29) is 0 Å². The first-order chi connectivity index (χ1) is 4.88. The number of nitrogens with two attached hydrogens (primary N) is 1. The van der Waals surface area contributed by atoms with Crippen LogP contribution in [0.4, 0.5) is 5.82 Å². The van der Waals surface area contributed by atoms with Crippen LogP contribution in [0.25, 0.3) is 10.2 Å². The molecule has 2 aromatic heterocycles. The van der Waals surface area contributed by atoms with Gasteiger partial charge < -0.3 is 5.73 Å². The molecule has 4 heteroatoms. The lowest BCUT2D eigenvalue weighted by Crippen LogP contribution is -1.82. The van der Waals surface area contributed by atoms with Crippen molar-refractivity contribution in [1.82, 2.24) is 9.36 Å². The molecule has 50 valence electrons. The molecule has 0 fully saturated rings. The van der Waals surface area contributed by atoms with Gasteiger partial charge in [0.05, 0.1) is 5.39 Å². The molecule has 0 amide bonds. The molecular weight excluding hydrogens is 146 g/mol. The summed E-state index contributed by atoms with van der Waals surface area (Å²) >= 11 is 1.33. The lowest BCUT2D eigenvalue weighted by molar-refractivity contribution is 1.45. The number of hydrogen-bond acceptors (Lipinski definition) is 4. The molecule has 0 aliphatic heterocycles. The van der Waals surface area contributed by atoms with Crippen molar-refractivity contribution in [3.05, 3.63) is 18.3 Å². The summed E-state index contributed by atoms with van der Waals surface area (Å²) in [6, 6.07) is 3.77. The second-order valence-corrected chi connectivity index (χ2v) is 2.68. The number of nitrogens with zero attached hydrogens (tertiary/aromatic N) is 2. The molecule has 0 spiro atoms. The van der Waals surface area contributed by atoms with Gasteiger partial charge in [0.2, 0.25) is 0 Å². The zero-order chi connectivity index (χ0) is 6.97. The minimum absolute atomic E-state index is 0.577. The van der Waals surface area contributed by atoms with Crippen LogP contribution in [0.15, 0.2) is 18.3 Å². The highest BCUT2D eigenvalue weighted by atomic mass is 32.1. The Labute approximate surface area is 61.7 Å². The van der Waals surface area contributed by atoms with E-state index in [1.165, 1.54) is 11.5 Å². The van der Waals surface area contributed by atoms with Crippen molar-refractivity contribution >= 4 is 27.6 Å².